The maximum absolute atomic E-state index is 14.3. The third kappa shape index (κ3) is 7.19. The molecule has 4 aromatic carbocycles. The molecule has 0 radical (unpaired) electrons. The zero-order chi connectivity index (χ0) is 34.7. The molecular weight excluding hydrogens is 751 g/mol. The van der Waals surface area contributed by atoms with Gasteiger partial charge in [-0.1, -0.05) is 83.1 Å². The highest BCUT2D eigenvalue weighted by atomic mass is 79.9. The second-order valence-corrected chi connectivity index (χ2v) is 13.5. The Labute approximate surface area is 304 Å². The summed E-state index contributed by atoms with van der Waals surface area (Å²) in [6, 6.07) is 24.7. The summed E-state index contributed by atoms with van der Waals surface area (Å²) in [6.07, 6.45) is 1.76. The molecule has 1 aliphatic rings. The molecule has 0 spiro atoms. The van der Waals surface area contributed by atoms with Crippen molar-refractivity contribution in [3.05, 3.63) is 147 Å². The Bertz CT molecular complexity index is 2250. The summed E-state index contributed by atoms with van der Waals surface area (Å²) in [5.41, 5.74) is 3.26. The monoisotopic (exact) mass is 778 g/mol. The number of thiazole rings is 1. The highest BCUT2D eigenvalue weighted by molar-refractivity contribution is 9.10. The minimum Gasteiger partial charge on any atom is -0.497 e. The van der Waals surface area contributed by atoms with E-state index in [1.165, 1.54) is 11.3 Å². The number of esters is 1. The van der Waals surface area contributed by atoms with E-state index in [-0.39, 0.29) is 24.3 Å². The number of benzene rings is 4. The Morgan fingerprint density at radius 2 is 1.76 bits per heavy atom. The summed E-state index contributed by atoms with van der Waals surface area (Å²) in [5, 5.41) is 1.02. The number of carbonyl (C=O) groups is 1. The number of fused-ring (bicyclic) bond motifs is 1. The average molecular weight is 781 g/mol. The lowest BCUT2D eigenvalue weighted by Crippen LogP contribution is -2.40. The Morgan fingerprint density at radius 1 is 1.00 bits per heavy atom. The SMILES string of the molecule is CCOC(=O)C1=C(c2ccccc2)N=c2s/c(=C\c3cc(Br)c(OCc4ccc(Cl)cc4Cl)c(OC)c3)c(=O)n2[C@H]1c1ccc(OC)cc1. The number of ether oxygens (including phenoxy) is 4. The minimum absolute atomic E-state index is 0.160. The summed E-state index contributed by atoms with van der Waals surface area (Å²) in [7, 11) is 3.12. The number of methoxy groups -OCH3 is 2. The lowest BCUT2D eigenvalue weighted by atomic mass is 9.93. The van der Waals surface area contributed by atoms with Crippen molar-refractivity contribution in [2.24, 2.45) is 4.99 Å². The third-order valence-electron chi connectivity index (χ3n) is 7.74. The molecular formula is C37H29BrCl2N2O6S. The van der Waals surface area contributed by atoms with Gasteiger partial charge in [0.25, 0.3) is 5.56 Å². The van der Waals surface area contributed by atoms with Crippen molar-refractivity contribution in [2.45, 2.75) is 19.6 Å². The molecule has 0 aliphatic carbocycles. The molecule has 6 rings (SSSR count). The van der Waals surface area contributed by atoms with Crippen LogP contribution in [0.1, 0.15) is 35.2 Å². The van der Waals surface area contributed by atoms with Crippen LogP contribution in [-0.2, 0) is 16.1 Å². The minimum atomic E-state index is -0.810. The van der Waals surface area contributed by atoms with Gasteiger partial charge in [0.2, 0.25) is 0 Å². The smallest absolute Gasteiger partial charge is 0.338 e. The first kappa shape index (κ1) is 34.5. The van der Waals surface area contributed by atoms with Gasteiger partial charge in [0.15, 0.2) is 16.3 Å². The molecule has 0 unspecified atom stereocenters. The van der Waals surface area contributed by atoms with Gasteiger partial charge in [0, 0.05) is 21.2 Å². The Morgan fingerprint density at radius 3 is 2.43 bits per heavy atom. The fourth-order valence-corrected chi connectivity index (χ4v) is 7.48. The summed E-state index contributed by atoms with van der Waals surface area (Å²) >= 11 is 17.2. The second-order valence-electron chi connectivity index (χ2n) is 10.8. The van der Waals surface area contributed by atoms with Gasteiger partial charge < -0.3 is 18.9 Å². The fourth-order valence-electron chi connectivity index (χ4n) is 5.45. The number of rotatable bonds is 10. The van der Waals surface area contributed by atoms with E-state index in [0.717, 1.165) is 11.1 Å². The molecule has 1 aromatic heterocycles. The highest BCUT2D eigenvalue weighted by Crippen LogP contribution is 2.39. The van der Waals surface area contributed by atoms with Crippen molar-refractivity contribution in [1.29, 1.82) is 0 Å². The Balaban J connectivity index is 1.48. The van der Waals surface area contributed by atoms with E-state index in [0.29, 0.717) is 57.9 Å². The summed E-state index contributed by atoms with van der Waals surface area (Å²) in [6.45, 7) is 2.09. The lowest BCUT2D eigenvalue weighted by molar-refractivity contribution is -0.138. The van der Waals surface area contributed by atoms with Crippen molar-refractivity contribution < 1.29 is 23.7 Å². The molecule has 250 valence electrons. The van der Waals surface area contributed by atoms with E-state index in [2.05, 4.69) is 15.9 Å². The van der Waals surface area contributed by atoms with Gasteiger partial charge in [-0.3, -0.25) is 9.36 Å². The molecule has 0 saturated heterocycles. The Kier molecular flexibility index (Phi) is 10.6. The van der Waals surface area contributed by atoms with Gasteiger partial charge in [-0.25, -0.2) is 9.79 Å². The van der Waals surface area contributed by atoms with Crippen LogP contribution in [0.5, 0.6) is 17.2 Å². The molecule has 0 amide bonds. The van der Waals surface area contributed by atoms with Gasteiger partial charge in [0.1, 0.15) is 12.4 Å². The predicted octanol–water partition coefficient (Wildman–Crippen LogP) is 7.60. The van der Waals surface area contributed by atoms with Crippen LogP contribution in [0.15, 0.2) is 105 Å². The van der Waals surface area contributed by atoms with Crippen LogP contribution in [0.4, 0.5) is 0 Å². The maximum Gasteiger partial charge on any atom is 0.338 e. The molecule has 12 heteroatoms. The molecule has 5 aromatic rings. The topological polar surface area (TPSA) is 88.4 Å². The van der Waals surface area contributed by atoms with Crippen LogP contribution in [0, 0.1) is 0 Å². The number of nitrogens with zero attached hydrogens (tertiary/aromatic N) is 2. The van der Waals surface area contributed by atoms with E-state index in [1.54, 1.807) is 68.2 Å². The van der Waals surface area contributed by atoms with Gasteiger partial charge in [-0.05, 0) is 76.5 Å². The van der Waals surface area contributed by atoms with Crippen LogP contribution in [0.2, 0.25) is 10.0 Å². The quantitative estimate of drug-likeness (QED) is 0.136. The van der Waals surface area contributed by atoms with Crippen molar-refractivity contribution in [1.82, 2.24) is 4.57 Å². The lowest BCUT2D eigenvalue weighted by Gasteiger charge is -2.26. The zero-order valence-corrected chi connectivity index (χ0v) is 30.5. The van der Waals surface area contributed by atoms with Gasteiger partial charge in [-0.2, -0.15) is 0 Å². The van der Waals surface area contributed by atoms with Crippen LogP contribution in [0.25, 0.3) is 11.8 Å². The van der Waals surface area contributed by atoms with E-state index in [1.807, 2.05) is 48.5 Å². The largest absolute Gasteiger partial charge is 0.497 e. The number of aromatic nitrogens is 1. The van der Waals surface area contributed by atoms with Gasteiger partial charge in [0.05, 0.1) is 47.1 Å². The van der Waals surface area contributed by atoms with Crippen molar-refractivity contribution >= 4 is 68.2 Å². The molecule has 49 heavy (non-hydrogen) atoms. The molecule has 0 bridgehead atoms. The van der Waals surface area contributed by atoms with Gasteiger partial charge in [-0.15, -0.1) is 0 Å². The first-order valence-electron chi connectivity index (χ1n) is 15.1. The first-order valence-corrected chi connectivity index (χ1v) is 17.5. The number of halogens is 3. The number of hydrogen-bond acceptors (Lipinski definition) is 8. The van der Waals surface area contributed by atoms with E-state index in [9.17, 15) is 9.59 Å². The Hall–Kier alpha value is -4.35. The molecule has 1 atom stereocenters. The highest BCUT2D eigenvalue weighted by Gasteiger charge is 2.35. The normalized spacial score (nSPS) is 14.2. The van der Waals surface area contributed by atoms with Crippen LogP contribution in [0.3, 0.4) is 0 Å². The standard InChI is InChI=1S/C37H29BrCl2N2O6S/c1-4-47-36(44)31-32(22-8-6-5-7-9-22)41-37-42(33(31)23-11-14-26(45-2)15-12-23)35(43)30(49-37)18-21-16-27(38)34(29(17-21)46-3)48-20-24-10-13-25(39)19-28(24)40/h5-19,33H,4,20H2,1-3H3/b30-18-/t33-/m0/s1. The summed E-state index contributed by atoms with van der Waals surface area (Å²) < 4.78 is 25.3. The average Bonchev–Trinajstić information content (AvgIpc) is 3.41. The van der Waals surface area contributed by atoms with Crippen LogP contribution < -0.4 is 29.1 Å². The zero-order valence-electron chi connectivity index (χ0n) is 26.5. The molecule has 0 N–H and O–H groups in total. The van der Waals surface area contributed by atoms with Crippen molar-refractivity contribution in [3.8, 4) is 17.2 Å². The number of carbonyl (C=O) groups excluding carboxylic acids is 1. The maximum atomic E-state index is 14.3. The van der Waals surface area contributed by atoms with Crippen LogP contribution >= 0.6 is 50.5 Å². The molecule has 0 fully saturated rings. The van der Waals surface area contributed by atoms with E-state index < -0.39 is 12.0 Å². The molecule has 8 nitrogen and oxygen atoms in total. The fraction of sp³-hybridized carbons (Fsp3) is 0.162. The van der Waals surface area contributed by atoms with E-state index >= 15 is 0 Å². The molecule has 0 saturated carbocycles. The van der Waals surface area contributed by atoms with E-state index in [4.69, 9.17) is 47.1 Å². The summed E-state index contributed by atoms with van der Waals surface area (Å²) in [4.78, 5) is 33.4. The third-order valence-corrected chi connectivity index (χ3v) is 9.90. The van der Waals surface area contributed by atoms with Gasteiger partial charge >= 0.3 is 5.97 Å². The molecule has 2 heterocycles. The predicted molar refractivity (Wildman–Crippen MR) is 196 cm³/mol. The van der Waals surface area contributed by atoms with Crippen molar-refractivity contribution in [2.75, 3.05) is 20.8 Å². The number of hydrogen-bond donors (Lipinski definition) is 0. The first-order chi connectivity index (χ1) is 23.7. The second kappa shape index (κ2) is 15.0. The molecule has 1 aliphatic heterocycles. The van der Waals surface area contributed by atoms with Crippen LogP contribution in [-0.4, -0.2) is 31.4 Å². The van der Waals surface area contributed by atoms with Crippen molar-refractivity contribution in [3.63, 3.8) is 0 Å². The summed E-state index contributed by atoms with van der Waals surface area (Å²) in [5.74, 6) is 1.01.